The molecule has 0 spiro atoms. The van der Waals surface area contributed by atoms with Crippen molar-refractivity contribution in [1.29, 1.82) is 0 Å². The fourth-order valence-electron chi connectivity index (χ4n) is 2.46. The smallest absolute Gasteiger partial charge is 0.278 e. The van der Waals surface area contributed by atoms with Crippen LogP contribution in [-0.2, 0) is 0 Å². The lowest BCUT2D eigenvalue weighted by Crippen LogP contribution is -2.39. The molecule has 1 heterocycles. The summed E-state index contributed by atoms with van der Waals surface area (Å²) in [6.45, 7) is 3.88. The molecular formula is C16H19N3O4. The van der Waals surface area contributed by atoms with Crippen LogP contribution in [0.4, 0.5) is 5.69 Å². The van der Waals surface area contributed by atoms with E-state index in [1.165, 1.54) is 18.3 Å². The molecule has 2 N–H and O–H groups in total. The number of benzene rings is 1. The van der Waals surface area contributed by atoms with Gasteiger partial charge in [0.05, 0.1) is 21.4 Å². The van der Waals surface area contributed by atoms with E-state index >= 15 is 0 Å². The number of nitrogens with zero attached hydrogens (tertiary/aromatic N) is 2. The minimum absolute atomic E-state index is 0.0254. The van der Waals surface area contributed by atoms with Crippen molar-refractivity contribution in [3.63, 3.8) is 0 Å². The fraction of sp³-hybridized carbons (Fsp3) is 0.375. The van der Waals surface area contributed by atoms with E-state index in [0.29, 0.717) is 17.3 Å². The SMILES string of the molecule is CC(C)[C@H](CCO)NC(=O)c1ccc([N+](=O)[O-])c2cccnc12. The summed E-state index contributed by atoms with van der Waals surface area (Å²) in [6, 6.07) is 5.72. The third-order valence-corrected chi connectivity index (χ3v) is 3.75. The number of hydrogen-bond acceptors (Lipinski definition) is 5. The standard InChI is InChI=1S/C16H19N3O4/c1-10(2)13(7-9-20)18-16(21)12-5-6-14(19(22)23)11-4-3-8-17-15(11)12/h3-6,8,10,13,20H,7,9H2,1-2H3,(H,18,21)/t13-/m0/s1. The Morgan fingerprint density at radius 1 is 1.39 bits per heavy atom. The van der Waals surface area contributed by atoms with Crippen LogP contribution in [0.1, 0.15) is 30.6 Å². The molecule has 122 valence electrons. The van der Waals surface area contributed by atoms with Gasteiger partial charge in [0.15, 0.2) is 0 Å². The number of carbonyl (C=O) groups is 1. The first kappa shape index (κ1) is 16.8. The molecule has 1 atom stereocenters. The first-order valence-electron chi connectivity index (χ1n) is 7.39. The van der Waals surface area contributed by atoms with Crippen LogP contribution in [0, 0.1) is 16.0 Å². The highest BCUT2D eigenvalue weighted by atomic mass is 16.6. The minimum Gasteiger partial charge on any atom is -0.396 e. The van der Waals surface area contributed by atoms with Crippen molar-refractivity contribution in [3.05, 3.63) is 46.1 Å². The highest BCUT2D eigenvalue weighted by molar-refractivity contribution is 6.07. The van der Waals surface area contributed by atoms with E-state index in [0.717, 1.165) is 0 Å². The molecule has 23 heavy (non-hydrogen) atoms. The van der Waals surface area contributed by atoms with Gasteiger partial charge in [-0.25, -0.2) is 0 Å². The van der Waals surface area contributed by atoms with E-state index < -0.39 is 4.92 Å². The molecule has 2 rings (SSSR count). The normalized spacial score (nSPS) is 12.3. The van der Waals surface area contributed by atoms with Crippen LogP contribution in [0.3, 0.4) is 0 Å². The average molecular weight is 317 g/mol. The molecule has 1 amide bonds. The molecule has 0 radical (unpaired) electrons. The maximum absolute atomic E-state index is 12.5. The van der Waals surface area contributed by atoms with E-state index in [1.54, 1.807) is 12.1 Å². The number of nitro groups is 1. The van der Waals surface area contributed by atoms with Crippen LogP contribution < -0.4 is 5.32 Å². The summed E-state index contributed by atoms with van der Waals surface area (Å²) in [6.07, 6.45) is 1.94. The quantitative estimate of drug-likeness (QED) is 0.628. The van der Waals surface area contributed by atoms with Crippen LogP contribution in [0.15, 0.2) is 30.5 Å². The average Bonchev–Trinajstić information content (AvgIpc) is 2.52. The van der Waals surface area contributed by atoms with Crippen molar-refractivity contribution >= 4 is 22.5 Å². The first-order valence-corrected chi connectivity index (χ1v) is 7.39. The Morgan fingerprint density at radius 2 is 2.13 bits per heavy atom. The number of nitrogens with one attached hydrogen (secondary N) is 1. The molecule has 7 nitrogen and oxygen atoms in total. The van der Waals surface area contributed by atoms with E-state index in [1.807, 2.05) is 13.8 Å². The Bertz CT molecular complexity index is 730. The Hall–Kier alpha value is -2.54. The van der Waals surface area contributed by atoms with Gasteiger partial charge >= 0.3 is 0 Å². The Morgan fingerprint density at radius 3 is 2.74 bits per heavy atom. The van der Waals surface area contributed by atoms with Crippen molar-refractivity contribution in [3.8, 4) is 0 Å². The van der Waals surface area contributed by atoms with Crippen LogP contribution in [-0.4, -0.2) is 33.6 Å². The molecule has 0 saturated carbocycles. The van der Waals surface area contributed by atoms with Crippen molar-refractivity contribution in [2.24, 2.45) is 5.92 Å². The van der Waals surface area contributed by atoms with Crippen LogP contribution in [0.25, 0.3) is 10.9 Å². The van der Waals surface area contributed by atoms with Crippen molar-refractivity contribution in [2.75, 3.05) is 6.61 Å². The Labute approximate surface area is 133 Å². The van der Waals surface area contributed by atoms with Gasteiger partial charge in [-0.3, -0.25) is 19.9 Å². The fourth-order valence-corrected chi connectivity index (χ4v) is 2.46. The van der Waals surface area contributed by atoms with Gasteiger partial charge in [0.2, 0.25) is 0 Å². The lowest BCUT2D eigenvalue weighted by atomic mass is 10.00. The Balaban J connectivity index is 2.42. The maximum Gasteiger partial charge on any atom is 0.278 e. The number of hydrogen-bond donors (Lipinski definition) is 2. The largest absolute Gasteiger partial charge is 0.396 e. The summed E-state index contributed by atoms with van der Waals surface area (Å²) >= 11 is 0. The molecule has 1 aromatic heterocycles. The number of pyridine rings is 1. The van der Waals surface area contributed by atoms with Gasteiger partial charge in [-0.05, 0) is 30.5 Å². The summed E-state index contributed by atoms with van der Waals surface area (Å²) in [5.41, 5.74) is 0.501. The molecule has 7 heteroatoms. The zero-order chi connectivity index (χ0) is 17.0. The van der Waals surface area contributed by atoms with Crippen molar-refractivity contribution in [2.45, 2.75) is 26.3 Å². The van der Waals surface area contributed by atoms with Gasteiger partial charge in [-0.2, -0.15) is 0 Å². The topological polar surface area (TPSA) is 105 Å². The number of aromatic nitrogens is 1. The number of rotatable bonds is 6. The number of fused-ring (bicyclic) bond motifs is 1. The number of aliphatic hydroxyl groups excluding tert-OH is 1. The van der Waals surface area contributed by atoms with Crippen LogP contribution in [0.5, 0.6) is 0 Å². The van der Waals surface area contributed by atoms with Crippen molar-refractivity contribution < 1.29 is 14.8 Å². The number of non-ortho nitro benzene ring substituents is 1. The third kappa shape index (κ3) is 3.62. The molecule has 0 unspecified atom stereocenters. The zero-order valence-corrected chi connectivity index (χ0v) is 13.0. The predicted octanol–water partition coefficient (Wildman–Crippen LogP) is 2.28. The molecule has 0 aliphatic heterocycles. The third-order valence-electron chi connectivity index (χ3n) is 3.75. The van der Waals surface area contributed by atoms with Crippen LogP contribution >= 0.6 is 0 Å². The second-order valence-corrected chi connectivity index (χ2v) is 5.63. The zero-order valence-electron chi connectivity index (χ0n) is 13.0. The van der Waals surface area contributed by atoms with E-state index in [9.17, 15) is 14.9 Å². The van der Waals surface area contributed by atoms with Crippen molar-refractivity contribution in [1.82, 2.24) is 10.3 Å². The summed E-state index contributed by atoms with van der Waals surface area (Å²) in [7, 11) is 0. The van der Waals surface area contributed by atoms with Gasteiger partial charge in [-0.15, -0.1) is 0 Å². The molecular weight excluding hydrogens is 298 g/mol. The molecule has 0 saturated heterocycles. The molecule has 0 aliphatic rings. The molecule has 1 aromatic carbocycles. The van der Waals surface area contributed by atoms with Gasteiger partial charge in [0.25, 0.3) is 11.6 Å². The lowest BCUT2D eigenvalue weighted by molar-refractivity contribution is -0.383. The molecule has 0 aliphatic carbocycles. The van der Waals surface area contributed by atoms with Gasteiger partial charge in [0, 0.05) is 24.9 Å². The molecule has 0 bridgehead atoms. The van der Waals surface area contributed by atoms with E-state index in [4.69, 9.17) is 5.11 Å². The second kappa shape index (κ2) is 7.15. The van der Waals surface area contributed by atoms with Gasteiger partial charge in [-0.1, -0.05) is 13.8 Å². The maximum atomic E-state index is 12.5. The molecule has 2 aromatic rings. The van der Waals surface area contributed by atoms with Gasteiger partial charge in [0.1, 0.15) is 0 Å². The monoisotopic (exact) mass is 317 g/mol. The summed E-state index contributed by atoms with van der Waals surface area (Å²) in [5, 5.41) is 23.4. The number of carbonyl (C=O) groups excluding carboxylic acids is 1. The summed E-state index contributed by atoms with van der Waals surface area (Å²) in [5.74, 6) is -0.195. The minimum atomic E-state index is -0.492. The van der Waals surface area contributed by atoms with E-state index in [-0.39, 0.29) is 35.7 Å². The highest BCUT2D eigenvalue weighted by Gasteiger charge is 2.21. The van der Waals surface area contributed by atoms with E-state index in [2.05, 4.69) is 10.3 Å². The molecule has 0 fully saturated rings. The van der Waals surface area contributed by atoms with Gasteiger partial charge < -0.3 is 10.4 Å². The second-order valence-electron chi connectivity index (χ2n) is 5.63. The summed E-state index contributed by atoms with van der Waals surface area (Å²) in [4.78, 5) is 27.3. The first-order chi connectivity index (χ1) is 11.0. The number of aliphatic hydroxyl groups is 1. The number of nitro benzene ring substituents is 1. The lowest BCUT2D eigenvalue weighted by Gasteiger charge is -2.21. The Kier molecular flexibility index (Phi) is 5.23. The predicted molar refractivity (Wildman–Crippen MR) is 86.2 cm³/mol. The number of amides is 1. The summed E-state index contributed by atoms with van der Waals surface area (Å²) < 4.78 is 0. The van der Waals surface area contributed by atoms with Crippen LogP contribution in [0.2, 0.25) is 0 Å². The highest BCUT2D eigenvalue weighted by Crippen LogP contribution is 2.26.